The van der Waals surface area contributed by atoms with E-state index in [0.717, 1.165) is 28.8 Å². The quantitative estimate of drug-likeness (QED) is 0.299. The lowest BCUT2D eigenvalue weighted by Gasteiger charge is -2.17. The zero-order valence-corrected chi connectivity index (χ0v) is 17.8. The van der Waals surface area contributed by atoms with E-state index in [4.69, 9.17) is 0 Å². The highest BCUT2D eigenvalue weighted by Crippen LogP contribution is 2.31. The number of rotatable bonds is 4. The first-order valence-corrected chi connectivity index (χ1v) is 10.1. The number of nitrogens with zero attached hydrogens (tertiary/aromatic N) is 1. The third kappa shape index (κ3) is 4.98. The molecule has 0 aliphatic carbocycles. The molecule has 2 heterocycles. The molecular formula is C24H21F3N4O2. The average Bonchev–Trinajstić information content (AvgIpc) is 3.15. The van der Waals surface area contributed by atoms with E-state index in [2.05, 4.69) is 20.6 Å². The van der Waals surface area contributed by atoms with E-state index in [1.54, 1.807) is 26.2 Å². The number of alkyl halides is 3. The molecule has 0 saturated heterocycles. The van der Waals surface area contributed by atoms with Crippen LogP contribution in [0, 0.1) is 0 Å². The molecule has 2 amide bonds. The summed E-state index contributed by atoms with van der Waals surface area (Å²) in [5.41, 5.74) is 2.01. The molecule has 0 aliphatic rings. The lowest BCUT2D eigenvalue weighted by atomic mass is 9.96. The standard InChI is InChI=1S/C24H21F3N4O2/c1-23(2,33)16-5-3-14(4-6-16)15-11-19-20(13-29-21(19)28-12-15)31-22(32)30-18-9-7-17(8-10-18)24(25,26)27/h3-13,33H,1-2H3,(H,28,29)(H2,30,31,32). The summed E-state index contributed by atoms with van der Waals surface area (Å²) in [5.74, 6) is 0. The summed E-state index contributed by atoms with van der Waals surface area (Å²) in [5, 5.41) is 16.0. The molecule has 0 atom stereocenters. The predicted octanol–water partition coefficient (Wildman–Crippen LogP) is 6.12. The number of pyridine rings is 1. The number of H-pyrrole nitrogens is 1. The molecule has 0 spiro atoms. The molecule has 4 N–H and O–H groups in total. The van der Waals surface area contributed by atoms with Crippen LogP contribution in [0.25, 0.3) is 22.2 Å². The number of aromatic nitrogens is 2. The van der Waals surface area contributed by atoms with Crippen molar-refractivity contribution in [3.05, 3.63) is 78.1 Å². The number of aromatic amines is 1. The second kappa shape index (κ2) is 8.25. The van der Waals surface area contributed by atoms with Crippen molar-refractivity contribution in [2.24, 2.45) is 0 Å². The summed E-state index contributed by atoms with van der Waals surface area (Å²) < 4.78 is 38.1. The maximum absolute atomic E-state index is 12.7. The van der Waals surface area contributed by atoms with Crippen molar-refractivity contribution < 1.29 is 23.1 Å². The van der Waals surface area contributed by atoms with Crippen molar-refractivity contribution in [2.45, 2.75) is 25.6 Å². The normalized spacial score (nSPS) is 12.1. The number of hydrogen-bond acceptors (Lipinski definition) is 3. The number of nitrogens with one attached hydrogen (secondary N) is 3. The number of halogens is 3. The van der Waals surface area contributed by atoms with Gasteiger partial charge in [-0.2, -0.15) is 13.2 Å². The van der Waals surface area contributed by atoms with Crippen LogP contribution in [0.2, 0.25) is 0 Å². The van der Waals surface area contributed by atoms with E-state index in [1.807, 2.05) is 30.3 Å². The van der Waals surface area contributed by atoms with Crippen molar-refractivity contribution in [1.82, 2.24) is 9.97 Å². The van der Waals surface area contributed by atoms with Gasteiger partial charge in [-0.25, -0.2) is 9.78 Å². The van der Waals surface area contributed by atoms with E-state index in [0.29, 0.717) is 16.7 Å². The lowest BCUT2D eigenvalue weighted by Crippen LogP contribution is -2.19. The molecule has 6 nitrogen and oxygen atoms in total. The van der Waals surface area contributed by atoms with Crippen LogP contribution in [-0.2, 0) is 11.8 Å². The number of amides is 2. The van der Waals surface area contributed by atoms with Gasteiger partial charge in [-0.05, 0) is 55.3 Å². The molecule has 0 radical (unpaired) electrons. The van der Waals surface area contributed by atoms with Gasteiger partial charge in [0.15, 0.2) is 0 Å². The van der Waals surface area contributed by atoms with Gasteiger partial charge in [-0.15, -0.1) is 0 Å². The summed E-state index contributed by atoms with van der Waals surface area (Å²) in [7, 11) is 0. The number of fused-ring (bicyclic) bond motifs is 1. The predicted molar refractivity (Wildman–Crippen MR) is 121 cm³/mol. The van der Waals surface area contributed by atoms with E-state index >= 15 is 0 Å². The Bertz CT molecular complexity index is 1290. The third-order valence-corrected chi connectivity index (χ3v) is 5.17. The van der Waals surface area contributed by atoms with Crippen LogP contribution >= 0.6 is 0 Å². The summed E-state index contributed by atoms with van der Waals surface area (Å²) in [4.78, 5) is 19.8. The summed E-state index contributed by atoms with van der Waals surface area (Å²) in [6.45, 7) is 3.42. The van der Waals surface area contributed by atoms with Gasteiger partial charge in [0.1, 0.15) is 5.65 Å². The van der Waals surface area contributed by atoms with Crippen LogP contribution in [0.4, 0.5) is 29.3 Å². The number of carbonyl (C=O) groups is 1. The first-order chi connectivity index (χ1) is 15.5. The van der Waals surface area contributed by atoms with Gasteiger partial charge in [-0.3, -0.25) is 0 Å². The van der Waals surface area contributed by atoms with E-state index in [1.165, 1.54) is 12.1 Å². The summed E-state index contributed by atoms with van der Waals surface area (Å²) >= 11 is 0. The minimum absolute atomic E-state index is 0.228. The first-order valence-electron chi connectivity index (χ1n) is 10.1. The molecule has 33 heavy (non-hydrogen) atoms. The van der Waals surface area contributed by atoms with Gasteiger partial charge in [0.25, 0.3) is 0 Å². The van der Waals surface area contributed by atoms with Crippen molar-refractivity contribution in [3.63, 3.8) is 0 Å². The van der Waals surface area contributed by atoms with Gasteiger partial charge in [0.05, 0.1) is 16.9 Å². The number of aliphatic hydroxyl groups is 1. The van der Waals surface area contributed by atoms with Crippen LogP contribution in [0.5, 0.6) is 0 Å². The second-order valence-corrected chi connectivity index (χ2v) is 8.11. The summed E-state index contributed by atoms with van der Waals surface area (Å²) in [6, 6.07) is 12.9. The molecule has 0 aliphatic heterocycles. The fourth-order valence-electron chi connectivity index (χ4n) is 3.36. The molecule has 4 aromatic rings. The molecule has 0 fully saturated rings. The minimum Gasteiger partial charge on any atom is -0.386 e. The molecule has 0 unspecified atom stereocenters. The van der Waals surface area contributed by atoms with Crippen LogP contribution < -0.4 is 10.6 Å². The highest BCUT2D eigenvalue weighted by molar-refractivity contribution is 6.05. The highest BCUT2D eigenvalue weighted by atomic mass is 19.4. The number of carbonyl (C=O) groups excluding carboxylic acids is 1. The maximum Gasteiger partial charge on any atom is 0.416 e. The third-order valence-electron chi connectivity index (χ3n) is 5.17. The molecule has 0 saturated carbocycles. The Balaban J connectivity index is 1.52. The lowest BCUT2D eigenvalue weighted by molar-refractivity contribution is -0.137. The maximum atomic E-state index is 12.7. The van der Waals surface area contributed by atoms with Crippen LogP contribution in [0.3, 0.4) is 0 Å². The second-order valence-electron chi connectivity index (χ2n) is 8.11. The smallest absolute Gasteiger partial charge is 0.386 e. The Kier molecular flexibility index (Phi) is 5.59. The van der Waals surface area contributed by atoms with Crippen LogP contribution in [0.15, 0.2) is 67.0 Å². The average molecular weight is 454 g/mol. The van der Waals surface area contributed by atoms with Crippen molar-refractivity contribution >= 4 is 28.4 Å². The number of urea groups is 1. The number of anilines is 2. The molecule has 2 aromatic heterocycles. The van der Waals surface area contributed by atoms with Gasteiger partial charge in [-0.1, -0.05) is 24.3 Å². The number of benzene rings is 2. The van der Waals surface area contributed by atoms with Gasteiger partial charge >= 0.3 is 12.2 Å². The topological polar surface area (TPSA) is 90.0 Å². The first kappa shape index (κ1) is 22.3. The monoisotopic (exact) mass is 454 g/mol. The van der Waals surface area contributed by atoms with Crippen molar-refractivity contribution in [2.75, 3.05) is 10.6 Å². The Labute approximate surface area is 187 Å². The van der Waals surface area contributed by atoms with Crippen molar-refractivity contribution in [3.8, 4) is 11.1 Å². The molecular weight excluding hydrogens is 433 g/mol. The number of hydrogen-bond donors (Lipinski definition) is 4. The Morgan fingerprint density at radius 1 is 0.939 bits per heavy atom. The highest BCUT2D eigenvalue weighted by Gasteiger charge is 2.30. The minimum atomic E-state index is -4.44. The Hall–Kier alpha value is -3.85. The van der Waals surface area contributed by atoms with Crippen molar-refractivity contribution in [1.29, 1.82) is 0 Å². The van der Waals surface area contributed by atoms with E-state index in [-0.39, 0.29) is 5.69 Å². The molecule has 0 bridgehead atoms. The fraction of sp³-hybridized carbons (Fsp3) is 0.167. The summed E-state index contributed by atoms with van der Waals surface area (Å²) in [6.07, 6.45) is -1.15. The van der Waals surface area contributed by atoms with E-state index in [9.17, 15) is 23.1 Å². The van der Waals surface area contributed by atoms with Gasteiger partial charge in [0.2, 0.25) is 0 Å². The zero-order chi connectivity index (χ0) is 23.8. The molecule has 4 rings (SSSR count). The zero-order valence-electron chi connectivity index (χ0n) is 17.8. The largest absolute Gasteiger partial charge is 0.416 e. The van der Waals surface area contributed by atoms with Gasteiger partial charge < -0.3 is 20.7 Å². The van der Waals surface area contributed by atoms with Gasteiger partial charge in [0, 0.05) is 29.0 Å². The van der Waals surface area contributed by atoms with Crippen LogP contribution in [-0.4, -0.2) is 21.1 Å². The van der Waals surface area contributed by atoms with Crippen LogP contribution in [0.1, 0.15) is 25.0 Å². The Morgan fingerprint density at radius 3 is 2.18 bits per heavy atom. The Morgan fingerprint density at radius 2 is 1.58 bits per heavy atom. The fourth-order valence-corrected chi connectivity index (χ4v) is 3.36. The SMILES string of the molecule is CC(C)(O)c1ccc(-c2cnc3[nH]cc(NC(=O)Nc4ccc(C(F)(F)F)cc4)c3c2)cc1. The molecule has 9 heteroatoms. The molecule has 2 aromatic carbocycles. The molecule has 170 valence electrons. The van der Waals surface area contributed by atoms with E-state index < -0.39 is 23.4 Å².